The molecule has 126 valence electrons. The van der Waals surface area contributed by atoms with Gasteiger partial charge in [0.15, 0.2) is 0 Å². The highest BCUT2D eigenvalue weighted by Crippen LogP contribution is 2.22. The van der Waals surface area contributed by atoms with Crippen molar-refractivity contribution in [1.82, 2.24) is 5.32 Å². The van der Waals surface area contributed by atoms with Crippen LogP contribution in [-0.2, 0) is 0 Å². The number of halogens is 1. The smallest absolute Gasteiger partial charge is 0.270 e. The minimum absolute atomic E-state index is 0.0359. The van der Waals surface area contributed by atoms with Crippen molar-refractivity contribution in [3.8, 4) is 5.75 Å². The highest BCUT2D eigenvalue weighted by molar-refractivity contribution is 6.34. The van der Waals surface area contributed by atoms with Crippen molar-refractivity contribution in [2.75, 3.05) is 6.61 Å². The van der Waals surface area contributed by atoms with Gasteiger partial charge in [-0.25, -0.2) is 0 Å². The molecular weight excluding hydrogens is 332 g/mol. The Morgan fingerprint density at radius 3 is 2.67 bits per heavy atom. The predicted molar refractivity (Wildman–Crippen MR) is 91.7 cm³/mol. The molecule has 6 nitrogen and oxygen atoms in total. The van der Waals surface area contributed by atoms with Crippen molar-refractivity contribution in [3.63, 3.8) is 0 Å². The van der Waals surface area contributed by atoms with Gasteiger partial charge in [0.2, 0.25) is 0 Å². The fourth-order valence-electron chi connectivity index (χ4n) is 2.08. The molecule has 1 amide bonds. The van der Waals surface area contributed by atoms with Gasteiger partial charge in [0.25, 0.3) is 11.6 Å². The number of carbonyl (C=O) groups excluding carboxylic acids is 1. The second kappa shape index (κ2) is 7.79. The first-order chi connectivity index (χ1) is 11.4. The molecule has 2 aromatic rings. The van der Waals surface area contributed by atoms with Gasteiger partial charge in [0, 0.05) is 12.1 Å². The first-order valence-electron chi connectivity index (χ1n) is 7.31. The monoisotopic (exact) mass is 348 g/mol. The molecule has 0 heterocycles. The summed E-state index contributed by atoms with van der Waals surface area (Å²) in [6, 6.07) is 11.1. The van der Waals surface area contributed by atoms with E-state index in [1.165, 1.54) is 12.1 Å². The van der Waals surface area contributed by atoms with E-state index in [9.17, 15) is 14.9 Å². The van der Waals surface area contributed by atoms with Crippen LogP contribution in [0.5, 0.6) is 5.75 Å². The molecule has 0 aromatic heterocycles. The molecule has 1 N–H and O–H groups in total. The summed E-state index contributed by atoms with van der Waals surface area (Å²) < 4.78 is 5.68. The van der Waals surface area contributed by atoms with Crippen LogP contribution < -0.4 is 10.1 Å². The molecule has 0 fully saturated rings. The average Bonchev–Trinajstić information content (AvgIpc) is 2.53. The summed E-state index contributed by atoms with van der Waals surface area (Å²) in [6.45, 7) is 4.03. The van der Waals surface area contributed by atoms with E-state index in [4.69, 9.17) is 16.3 Å². The number of benzene rings is 2. The van der Waals surface area contributed by atoms with E-state index in [-0.39, 0.29) is 22.3 Å². The van der Waals surface area contributed by atoms with E-state index in [1.807, 2.05) is 31.2 Å². The van der Waals surface area contributed by atoms with Gasteiger partial charge in [-0.1, -0.05) is 29.8 Å². The van der Waals surface area contributed by atoms with E-state index in [1.54, 1.807) is 6.92 Å². The number of rotatable bonds is 6. The van der Waals surface area contributed by atoms with Gasteiger partial charge in [-0.2, -0.15) is 0 Å². The zero-order valence-electron chi connectivity index (χ0n) is 13.3. The Balaban J connectivity index is 1.96. The highest BCUT2D eigenvalue weighted by Gasteiger charge is 2.17. The third kappa shape index (κ3) is 4.45. The number of aryl methyl sites for hydroxylation is 1. The van der Waals surface area contributed by atoms with Crippen LogP contribution >= 0.6 is 11.6 Å². The number of hydrogen-bond donors (Lipinski definition) is 1. The zero-order valence-corrected chi connectivity index (χ0v) is 14.0. The second-order valence-corrected chi connectivity index (χ2v) is 5.78. The molecule has 0 radical (unpaired) electrons. The minimum atomic E-state index is -0.563. The third-order valence-corrected chi connectivity index (χ3v) is 3.68. The molecule has 2 rings (SSSR count). The van der Waals surface area contributed by atoms with Gasteiger partial charge >= 0.3 is 0 Å². The first kappa shape index (κ1) is 17.7. The van der Waals surface area contributed by atoms with Gasteiger partial charge in [-0.15, -0.1) is 0 Å². The minimum Gasteiger partial charge on any atom is -0.491 e. The third-order valence-electron chi connectivity index (χ3n) is 3.37. The van der Waals surface area contributed by atoms with E-state index in [0.29, 0.717) is 6.61 Å². The topological polar surface area (TPSA) is 81.5 Å². The molecule has 0 aliphatic carbocycles. The maximum atomic E-state index is 12.2. The van der Waals surface area contributed by atoms with E-state index in [0.717, 1.165) is 17.4 Å². The standard InChI is InChI=1S/C17H17ClN2O4/c1-11-5-3-4-6-16(11)24-10-12(2)19-17(21)14-8-7-13(20(22)23)9-15(14)18/h3-9,12H,10H2,1-2H3,(H,19,21). The molecule has 0 bridgehead atoms. The molecule has 0 aliphatic rings. The van der Waals surface area contributed by atoms with Crippen LogP contribution in [0, 0.1) is 17.0 Å². The maximum Gasteiger partial charge on any atom is 0.270 e. The van der Waals surface area contributed by atoms with Crippen molar-refractivity contribution in [2.45, 2.75) is 19.9 Å². The Morgan fingerprint density at radius 2 is 2.04 bits per heavy atom. The molecule has 2 aromatic carbocycles. The summed E-state index contributed by atoms with van der Waals surface area (Å²) in [5.41, 5.74) is 1.03. The fourth-order valence-corrected chi connectivity index (χ4v) is 2.34. The Hall–Kier alpha value is -2.60. The molecule has 0 spiro atoms. The van der Waals surface area contributed by atoms with Crippen LogP contribution in [-0.4, -0.2) is 23.5 Å². The number of hydrogen-bond acceptors (Lipinski definition) is 4. The lowest BCUT2D eigenvalue weighted by Crippen LogP contribution is -2.37. The summed E-state index contributed by atoms with van der Waals surface area (Å²) in [5.74, 6) is 0.350. The lowest BCUT2D eigenvalue weighted by atomic mass is 10.2. The molecule has 7 heteroatoms. The first-order valence-corrected chi connectivity index (χ1v) is 7.69. The average molecular weight is 349 g/mol. The summed E-state index contributed by atoms with van der Waals surface area (Å²) in [5, 5.41) is 13.5. The van der Waals surface area contributed by atoms with Crippen LogP contribution in [0.3, 0.4) is 0 Å². The van der Waals surface area contributed by atoms with Crippen molar-refractivity contribution in [1.29, 1.82) is 0 Å². The molecular formula is C17H17ClN2O4. The fraction of sp³-hybridized carbons (Fsp3) is 0.235. The number of para-hydroxylation sites is 1. The Bertz CT molecular complexity index is 764. The molecule has 0 saturated carbocycles. The molecule has 24 heavy (non-hydrogen) atoms. The van der Waals surface area contributed by atoms with E-state index in [2.05, 4.69) is 5.32 Å². The number of nitrogens with one attached hydrogen (secondary N) is 1. The number of nitro benzene ring substituents is 1. The number of nitrogens with zero attached hydrogens (tertiary/aromatic N) is 1. The predicted octanol–water partition coefficient (Wildman–Crippen LogP) is 3.75. The van der Waals surface area contributed by atoms with Crippen LogP contribution in [0.25, 0.3) is 0 Å². The van der Waals surface area contributed by atoms with Crippen LogP contribution in [0.15, 0.2) is 42.5 Å². The SMILES string of the molecule is Cc1ccccc1OCC(C)NC(=O)c1ccc([N+](=O)[O-])cc1Cl. The highest BCUT2D eigenvalue weighted by atomic mass is 35.5. The summed E-state index contributed by atoms with van der Waals surface area (Å²) >= 11 is 5.95. The molecule has 1 atom stereocenters. The Morgan fingerprint density at radius 1 is 1.33 bits per heavy atom. The van der Waals surface area contributed by atoms with Gasteiger partial charge in [0.05, 0.1) is 21.6 Å². The van der Waals surface area contributed by atoms with Crippen molar-refractivity contribution in [3.05, 3.63) is 68.7 Å². The zero-order chi connectivity index (χ0) is 17.7. The lowest BCUT2D eigenvalue weighted by Gasteiger charge is -2.16. The van der Waals surface area contributed by atoms with Gasteiger partial charge < -0.3 is 10.1 Å². The Labute approximate surface area is 144 Å². The lowest BCUT2D eigenvalue weighted by molar-refractivity contribution is -0.384. The summed E-state index contributed by atoms with van der Waals surface area (Å²) in [7, 11) is 0. The molecule has 1 unspecified atom stereocenters. The van der Waals surface area contributed by atoms with E-state index < -0.39 is 10.8 Å². The van der Waals surface area contributed by atoms with Crippen LogP contribution in [0.2, 0.25) is 5.02 Å². The summed E-state index contributed by atoms with van der Waals surface area (Å²) in [6.07, 6.45) is 0. The normalized spacial score (nSPS) is 11.6. The second-order valence-electron chi connectivity index (χ2n) is 5.37. The van der Waals surface area contributed by atoms with Gasteiger partial charge in [0.1, 0.15) is 12.4 Å². The Kier molecular flexibility index (Phi) is 5.76. The maximum absolute atomic E-state index is 12.2. The quantitative estimate of drug-likeness (QED) is 0.636. The van der Waals surface area contributed by atoms with Crippen LogP contribution in [0.4, 0.5) is 5.69 Å². The van der Waals surface area contributed by atoms with Crippen molar-refractivity contribution < 1.29 is 14.5 Å². The van der Waals surface area contributed by atoms with Gasteiger partial charge in [-0.05, 0) is 31.5 Å². The van der Waals surface area contributed by atoms with Crippen molar-refractivity contribution in [2.24, 2.45) is 0 Å². The number of non-ortho nitro benzene ring substituents is 1. The molecule has 0 saturated heterocycles. The number of carbonyl (C=O) groups is 1. The van der Waals surface area contributed by atoms with Crippen LogP contribution in [0.1, 0.15) is 22.8 Å². The van der Waals surface area contributed by atoms with E-state index >= 15 is 0 Å². The van der Waals surface area contributed by atoms with Gasteiger partial charge in [-0.3, -0.25) is 14.9 Å². The number of nitro groups is 1. The number of amides is 1. The largest absolute Gasteiger partial charge is 0.491 e. The number of ether oxygens (including phenoxy) is 1. The summed E-state index contributed by atoms with van der Waals surface area (Å²) in [4.78, 5) is 22.3. The molecule has 0 aliphatic heterocycles. The van der Waals surface area contributed by atoms with Crippen molar-refractivity contribution >= 4 is 23.2 Å².